The molecule has 0 aliphatic heterocycles. The topological polar surface area (TPSA) is 101 Å². The molecule has 1 atom stereocenters. The molecule has 0 aromatic carbocycles. The summed E-state index contributed by atoms with van der Waals surface area (Å²) in [5, 5.41) is 17.2. The van der Waals surface area contributed by atoms with Crippen molar-refractivity contribution < 1.29 is 33.8 Å². The summed E-state index contributed by atoms with van der Waals surface area (Å²) >= 11 is 0. The molecule has 0 amide bonds. The standard InChI is InChI=1S/C12H21NO6.ClH/c1-13(2,3)8-9(7-11(16)17)19-12(18)6-4-5-10(14)15;/h9H,4-8H2,1-3H3,(H-,14,15,16,17);1H/p+1/t9-;/m1./s1. The van der Waals surface area contributed by atoms with E-state index in [2.05, 4.69) is 0 Å². The third-order valence-corrected chi connectivity index (χ3v) is 2.22. The number of hydrogen-bond donors (Lipinski definition) is 2. The number of nitrogens with zero attached hydrogens (tertiary/aromatic N) is 1. The fourth-order valence-electron chi connectivity index (χ4n) is 1.58. The van der Waals surface area contributed by atoms with Gasteiger partial charge in [-0.1, -0.05) is 0 Å². The minimum absolute atomic E-state index is 0. The second kappa shape index (κ2) is 9.55. The van der Waals surface area contributed by atoms with Crippen LogP contribution < -0.4 is 0 Å². The van der Waals surface area contributed by atoms with Crippen LogP contribution in [0.5, 0.6) is 0 Å². The van der Waals surface area contributed by atoms with Crippen LogP contribution in [0.3, 0.4) is 0 Å². The first-order chi connectivity index (χ1) is 8.60. The van der Waals surface area contributed by atoms with Gasteiger partial charge >= 0.3 is 17.9 Å². The first-order valence-corrected chi connectivity index (χ1v) is 6.03. The van der Waals surface area contributed by atoms with Crippen LogP contribution >= 0.6 is 12.4 Å². The van der Waals surface area contributed by atoms with Crippen molar-refractivity contribution >= 4 is 30.3 Å². The van der Waals surface area contributed by atoms with Gasteiger partial charge in [0.1, 0.15) is 6.54 Å². The summed E-state index contributed by atoms with van der Waals surface area (Å²) in [6.45, 7) is 0.386. The zero-order valence-corrected chi connectivity index (χ0v) is 12.8. The molecule has 8 heteroatoms. The number of esters is 1. The van der Waals surface area contributed by atoms with Crippen LogP contribution in [0.1, 0.15) is 25.7 Å². The molecular formula is C12H23ClNO6+. The van der Waals surface area contributed by atoms with Crippen molar-refractivity contribution in [2.24, 2.45) is 0 Å². The van der Waals surface area contributed by atoms with Gasteiger partial charge in [0.05, 0.1) is 27.6 Å². The van der Waals surface area contributed by atoms with Gasteiger partial charge in [0, 0.05) is 12.8 Å². The van der Waals surface area contributed by atoms with E-state index in [1.54, 1.807) is 0 Å². The molecule has 0 bridgehead atoms. The van der Waals surface area contributed by atoms with Crippen LogP contribution in [-0.2, 0) is 19.1 Å². The smallest absolute Gasteiger partial charge is 0.307 e. The molecule has 0 heterocycles. The number of likely N-dealkylation sites (N-methyl/N-ethyl adjacent to an activating group) is 1. The summed E-state index contributed by atoms with van der Waals surface area (Å²) in [4.78, 5) is 32.5. The lowest BCUT2D eigenvalue weighted by atomic mass is 10.2. The Balaban J connectivity index is 0. The lowest BCUT2D eigenvalue weighted by Crippen LogP contribution is -2.43. The van der Waals surface area contributed by atoms with Gasteiger partial charge in [0.2, 0.25) is 0 Å². The number of rotatable bonds is 9. The first kappa shape index (κ1) is 21.0. The zero-order valence-electron chi connectivity index (χ0n) is 12.0. The Morgan fingerprint density at radius 1 is 1.05 bits per heavy atom. The molecule has 0 spiro atoms. The summed E-state index contributed by atoms with van der Waals surface area (Å²) in [5.41, 5.74) is 0. The van der Waals surface area contributed by atoms with E-state index < -0.39 is 24.0 Å². The van der Waals surface area contributed by atoms with E-state index in [0.29, 0.717) is 11.0 Å². The van der Waals surface area contributed by atoms with Gasteiger partial charge in [-0.05, 0) is 6.42 Å². The van der Waals surface area contributed by atoms with Gasteiger partial charge in [-0.15, -0.1) is 12.4 Å². The minimum atomic E-state index is -1.03. The fraction of sp³-hybridized carbons (Fsp3) is 0.750. The Labute approximate surface area is 124 Å². The van der Waals surface area contributed by atoms with Crippen LogP contribution in [-0.4, -0.2) is 66.4 Å². The molecule has 7 nitrogen and oxygen atoms in total. The molecule has 0 unspecified atom stereocenters. The normalized spacial score (nSPS) is 12.2. The maximum Gasteiger partial charge on any atom is 0.307 e. The summed E-state index contributed by atoms with van der Waals surface area (Å²) in [7, 11) is 5.60. The van der Waals surface area contributed by atoms with Crippen molar-refractivity contribution in [1.82, 2.24) is 0 Å². The van der Waals surface area contributed by atoms with Crippen molar-refractivity contribution in [3.63, 3.8) is 0 Å². The Morgan fingerprint density at radius 2 is 1.60 bits per heavy atom. The molecule has 0 radical (unpaired) electrons. The summed E-state index contributed by atoms with van der Waals surface area (Å²) in [5.74, 6) is -2.56. The quantitative estimate of drug-likeness (QED) is 0.481. The first-order valence-electron chi connectivity index (χ1n) is 6.03. The van der Waals surface area contributed by atoms with Gasteiger partial charge in [0.25, 0.3) is 0 Å². The predicted molar refractivity (Wildman–Crippen MR) is 73.8 cm³/mol. The predicted octanol–water partition coefficient (Wildman–Crippen LogP) is 0.756. The van der Waals surface area contributed by atoms with Crippen molar-refractivity contribution in [3.8, 4) is 0 Å². The zero-order chi connectivity index (χ0) is 15.1. The maximum atomic E-state index is 11.5. The van der Waals surface area contributed by atoms with Gasteiger partial charge in [-0.2, -0.15) is 0 Å². The number of aliphatic carboxylic acids is 2. The van der Waals surface area contributed by atoms with E-state index in [0.717, 1.165) is 0 Å². The highest BCUT2D eigenvalue weighted by atomic mass is 35.5. The van der Waals surface area contributed by atoms with Crippen molar-refractivity contribution in [2.45, 2.75) is 31.8 Å². The van der Waals surface area contributed by atoms with Crippen molar-refractivity contribution in [3.05, 3.63) is 0 Å². The summed E-state index contributed by atoms with van der Waals surface area (Å²) < 4.78 is 5.56. The average molecular weight is 313 g/mol. The van der Waals surface area contributed by atoms with Gasteiger partial charge in [0.15, 0.2) is 6.10 Å². The third-order valence-electron chi connectivity index (χ3n) is 2.22. The van der Waals surface area contributed by atoms with Crippen molar-refractivity contribution in [1.29, 1.82) is 0 Å². The van der Waals surface area contributed by atoms with E-state index in [4.69, 9.17) is 14.9 Å². The number of carbonyl (C=O) groups is 3. The number of ether oxygens (including phenoxy) is 1. The lowest BCUT2D eigenvalue weighted by Gasteiger charge is -2.28. The SMILES string of the molecule is C[N+](C)(C)C[C@@H](CC(=O)O)OC(=O)CCCC(=O)O.Cl. The molecule has 0 saturated carbocycles. The number of carboxylic acids is 2. The van der Waals surface area contributed by atoms with E-state index in [1.807, 2.05) is 21.1 Å². The molecule has 0 rings (SSSR count). The Hall–Kier alpha value is -1.34. The van der Waals surface area contributed by atoms with E-state index >= 15 is 0 Å². The molecule has 0 aliphatic carbocycles. The molecule has 2 N–H and O–H groups in total. The van der Waals surface area contributed by atoms with E-state index in [1.165, 1.54) is 0 Å². The molecule has 0 aliphatic rings. The van der Waals surface area contributed by atoms with Gasteiger partial charge < -0.3 is 19.4 Å². The van der Waals surface area contributed by atoms with Crippen LogP contribution in [0.2, 0.25) is 0 Å². The number of quaternary nitrogens is 1. The molecule has 118 valence electrons. The van der Waals surface area contributed by atoms with Gasteiger partial charge in [-0.3, -0.25) is 14.4 Å². The number of carboxylic acid groups (broad SMARTS) is 2. The third kappa shape index (κ3) is 13.1. The fourth-order valence-corrected chi connectivity index (χ4v) is 1.58. The molecule has 20 heavy (non-hydrogen) atoms. The Bertz CT molecular complexity index is 339. The van der Waals surface area contributed by atoms with Crippen LogP contribution in [0.25, 0.3) is 0 Å². The lowest BCUT2D eigenvalue weighted by molar-refractivity contribution is -0.873. The van der Waals surface area contributed by atoms with E-state index in [-0.39, 0.29) is 38.1 Å². The summed E-state index contributed by atoms with van der Waals surface area (Å²) in [6, 6.07) is 0. The summed E-state index contributed by atoms with van der Waals surface area (Å²) in [6.07, 6.45) is -0.874. The van der Waals surface area contributed by atoms with Gasteiger partial charge in [-0.25, -0.2) is 0 Å². The van der Waals surface area contributed by atoms with Crippen molar-refractivity contribution in [2.75, 3.05) is 27.7 Å². The second-order valence-corrected chi connectivity index (χ2v) is 5.43. The highest BCUT2D eigenvalue weighted by Gasteiger charge is 2.24. The molecule has 0 saturated heterocycles. The molecule has 0 fully saturated rings. The average Bonchev–Trinajstić information content (AvgIpc) is 2.12. The molecule has 0 aromatic rings. The largest absolute Gasteiger partial charge is 0.481 e. The number of halogens is 1. The van der Waals surface area contributed by atoms with Crippen LogP contribution in [0.4, 0.5) is 0 Å². The monoisotopic (exact) mass is 312 g/mol. The highest BCUT2D eigenvalue weighted by Crippen LogP contribution is 2.08. The Morgan fingerprint density at radius 3 is 2.00 bits per heavy atom. The van der Waals surface area contributed by atoms with Crippen LogP contribution in [0.15, 0.2) is 0 Å². The number of carbonyl (C=O) groups excluding carboxylic acids is 1. The number of hydrogen-bond acceptors (Lipinski definition) is 4. The molecular weight excluding hydrogens is 290 g/mol. The highest BCUT2D eigenvalue weighted by molar-refractivity contribution is 5.85. The maximum absolute atomic E-state index is 11.5. The minimum Gasteiger partial charge on any atom is -0.481 e. The molecule has 0 aromatic heterocycles. The second-order valence-electron chi connectivity index (χ2n) is 5.43. The Kier molecular flexibility index (Phi) is 10.0. The van der Waals surface area contributed by atoms with E-state index in [9.17, 15) is 14.4 Å². The van der Waals surface area contributed by atoms with Crippen LogP contribution in [0, 0.1) is 0 Å².